The number of thiazole rings is 1. The van der Waals surface area contributed by atoms with Gasteiger partial charge < -0.3 is 51.1 Å². The van der Waals surface area contributed by atoms with Gasteiger partial charge in [-0.1, -0.05) is 16.8 Å². The van der Waals surface area contributed by atoms with E-state index in [0.717, 1.165) is 30.2 Å². The average molecular weight is 860 g/mol. The van der Waals surface area contributed by atoms with Crippen molar-refractivity contribution in [3.8, 4) is 11.5 Å². The first-order valence-corrected chi connectivity index (χ1v) is 20.3. The number of piperidine rings is 1. The number of benzene rings is 1. The SMILES string of the molecule is CC1SC2C(NC(=O)C(=NOC(C)(C)C(=O)O)c3csc(N)n3)C(=O)N2C(C(=O)O)=C1C[N+]1(C)C2CCC1CC(NC(=O)c1c[nH]c3cc(O)c(O)c(Cl)c3c1=O)C2. The molecule has 58 heavy (non-hydrogen) atoms. The number of aromatic amines is 1. The number of aliphatic carboxylic acids is 2. The highest BCUT2D eigenvalue weighted by Crippen LogP contribution is 2.48. The Morgan fingerprint density at radius 1 is 1.16 bits per heavy atom. The molecule has 3 amide bonds. The second kappa shape index (κ2) is 14.8. The molecule has 0 saturated carbocycles. The highest BCUT2D eigenvalue weighted by molar-refractivity contribution is 8.00. The number of phenols is 2. The van der Waals surface area contributed by atoms with Crippen LogP contribution in [-0.4, -0.2) is 129 Å². The van der Waals surface area contributed by atoms with Gasteiger partial charge >= 0.3 is 11.9 Å². The average Bonchev–Trinajstić information content (AvgIpc) is 3.62. The third-order valence-corrected chi connectivity index (χ3v) is 14.0. The number of nitrogens with zero attached hydrogens (tertiary/aromatic N) is 4. The van der Waals surface area contributed by atoms with Gasteiger partial charge in [0.2, 0.25) is 11.0 Å². The Bertz CT molecular complexity index is 2400. The number of carbonyl (C=O) groups is 5. The highest BCUT2D eigenvalue weighted by atomic mass is 35.5. The first-order chi connectivity index (χ1) is 27.2. The van der Waals surface area contributed by atoms with E-state index in [9.17, 15) is 49.2 Å². The van der Waals surface area contributed by atoms with Gasteiger partial charge in [-0.2, -0.15) is 0 Å². The van der Waals surface area contributed by atoms with Gasteiger partial charge in [-0.3, -0.25) is 24.1 Å². The Kier molecular flexibility index (Phi) is 10.4. The number of aromatic nitrogens is 2. The number of fused-ring (bicyclic) bond motifs is 4. The minimum Gasteiger partial charge on any atom is -0.504 e. The molecule has 19 nitrogen and oxygen atoms in total. The molecule has 3 saturated heterocycles. The van der Waals surface area contributed by atoms with Crippen molar-refractivity contribution < 1.29 is 53.7 Å². The lowest BCUT2D eigenvalue weighted by Crippen LogP contribution is -2.72. The summed E-state index contributed by atoms with van der Waals surface area (Å²) in [5, 5.41) is 49.2. The van der Waals surface area contributed by atoms with E-state index in [0.29, 0.717) is 29.4 Å². The maximum atomic E-state index is 13.7. The van der Waals surface area contributed by atoms with Crippen molar-refractivity contribution >= 4 is 86.1 Å². The normalized spacial score (nSPS) is 26.9. The second-order valence-electron chi connectivity index (χ2n) is 15.5. The smallest absolute Gasteiger partial charge is 0.352 e. The maximum absolute atomic E-state index is 13.7. The number of carboxylic acid groups (broad SMARTS) is 2. The lowest BCUT2D eigenvalue weighted by Gasteiger charge is -2.53. The third-order valence-electron chi connectivity index (χ3n) is 11.5. The summed E-state index contributed by atoms with van der Waals surface area (Å²) in [6.45, 7) is 4.64. The molecule has 2 aromatic heterocycles. The standard InChI is InChI=1S/C36H39ClN8O11S2/c1-13-18(11-45(4)15-5-6-16(45)8-14(7-15)40-29(49)17-10-39-19-9-21(46)28(48)23(37)22(19)27(17)47)26(33(52)53)44-31(51)25(32(44)58-13)42-30(50)24(20-12-57-35(38)41-20)43-56-36(2,3)34(54)55/h9-10,12-16,25,32H,5-8,11H2,1-4H3,(H8-,38,39,40,41,42,43,46,47,48,49,50,52,53,54,55)/p+1. The van der Waals surface area contributed by atoms with Gasteiger partial charge in [0.1, 0.15) is 34.9 Å². The van der Waals surface area contributed by atoms with Crippen LogP contribution < -0.4 is 21.8 Å². The monoisotopic (exact) mass is 859 g/mol. The first kappa shape index (κ1) is 40.8. The van der Waals surface area contributed by atoms with Crippen molar-refractivity contribution in [1.29, 1.82) is 0 Å². The highest BCUT2D eigenvalue weighted by Gasteiger charge is 2.58. The molecule has 308 valence electrons. The number of anilines is 1. The van der Waals surface area contributed by atoms with E-state index < -0.39 is 69.3 Å². The third kappa shape index (κ3) is 6.88. The number of nitrogen functional groups attached to an aromatic ring is 1. The summed E-state index contributed by atoms with van der Waals surface area (Å²) >= 11 is 8.48. The fourth-order valence-corrected chi connectivity index (χ4v) is 10.6. The van der Waals surface area contributed by atoms with Crippen LogP contribution in [0.1, 0.15) is 62.5 Å². The molecule has 5 atom stereocenters. The lowest BCUT2D eigenvalue weighted by atomic mass is 9.92. The van der Waals surface area contributed by atoms with Crippen molar-refractivity contribution in [2.75, 3.05) is 19.3 Å². The number of hydrogen-bond donors (Lipinski definition) is 8. The summed E-state index contributed by atoms with van der Waals surface area (Å²) in [7, 11) is 2.05. The molecule has 6 heterocycles. The molecule has 5 unspecified atom stereocenters. The Labute approximate surface area is 342 Å². The Morgan fingerprint density at radius 3 is 2.43 bits per heavy atom. The lowest BCUT2D eigenvalue weighted by molar-refractivity contribution is -0.944. The number of carboxylic acids is 2. The summed E-state index contributed by atoms with van der Waals surface area (Å²) in [4.78, 5) is 91.8. The minimum absolute atomic E-state index is 0.00637. The minimum atomic E-state index is -1.81. The molecule has 7 rings (SSSR count). The molecular weight excluding hydrogens is 820 g/mol. The molecule has 0 radical (unpaired) electrons. The maximum Gasteiger partial charge on any atom is 0.352 e. The van der Waals surface area contributed by atoms with E-state index in [-0.39, 0.29) is 61.4 Å². The number of phenolic OH excluding ortho intramolecular Hbond substituents is 2. The number of H-pyrrole nitrogens is 1. The van der Waals surface area contributed by atoms with Crippen molar-refractivity contribution in [3.63, 3.8) is 0 Å². The number of nitrogens with two attached hydrogens (primary N) is 1. The van der Waals surface area contributed by atoms with Gasteiger partial charge in [-0.25, -0.2) is 14.6 Å². The number of amides is 3. The number of β-lactam (4-membered cyclic amide) rings is 1. The van der Waals surface area contributed by atoms with Gasteiger partial charge in [0.25, 0.3) is 17.7 Å². The first-order valence-electron chi connectivity index (χ1n) is 18.1. The van der Waals surface area contributed by atoms with Gasteiger partial charge in [-0.05, 0) is 20.8 Å². The van der Waals surface area contributed by atoms with Crippen molar-refractivity contribution in [2.45, 2.75) is 86.8 Å². The number of quaternary nitrogens is 1. The number of aromatic hydroxyl groups is 2. The number of oxime groups is 1. The van der Waals surface area contributed by atoms with Gasteiger partial charge in [0.15, 0.2) is 22.3 Å². The largest absolute Gasteiger partial charge is 0.504 e. The second-order valence-corrected chi connectivity index (χ2v) is 18.2. The topological polar surface area (TPSA) is 287 Å². The number of pyridine rings is 1. The molecule has 0 spiro atoms. The van der Waals surface area contributed by atoms with Crippen molar-refractivity contribution in [2.24, 2.45) is 5.16 Å². The van der Waals surface area contributed by atoms with Gasteiger partial charge in [0.05, 0.1) is 35.1 Å². The van der Waals surface area contributed by atoms with E-state index in [2.05, 4.69) is 32.8 Å². The zero-order valence-electron chi connectivity index (χ0n) is 31.4. The molecule has 9 N–H and O–H groups in total. The summed E-state index contributed by atoms with van der Waals surface area (Å²) in [6.07, 6.45) is 3.92. The molecule has 3 fully saturated rings. The molecule has 1 aromatic carbocycles. The summed E-state index contributed by atoms with van der Waals surface area (Å²) in [5.74, 6) is -6.01. The summed E-state index contributed by atoms with van der Waals surface area (Å²) in [5.41, 5.74) is 3.16. The number of nitrogens with one attached hydrogen (secondary N) is 3. The van der Waals surface area contributed by atoms with E-state index in [4.69, 9.17) is 22.2 Å². The van der Waals surface area contributed by atoms with Crippen LogP contribution in [-0.2, 0) is 24.0 Å². The van der Waals surface area contributed by atoms with E-state index in [1.807, 2.05) is 6.92 Å². The van der Waals surface area contributed by atoms with E-state index >= 15 is 0 Å². The molecule has 4 aliphatic heterocycles. The molecule has 4 aliphatic rings. The predicted molar refractivity (Wildman–Crippen MR) is 211 cm³/mol. The van der Waals surface area contributed by atoms with Gasteiger partial charge in [0, 0.05) is 60.2 Å². The quantitative estimate of drug-likeness (QED) is 0.0450. The zero-order chi connectivity index (χ0) is 42.2. The number of thioether (sulfide) groups is 1. The number of carbonyl (C=O) groups excluding carboxylic acids is 3. The van der Waals surface area contributed by atoms with Crippen LogP contribution >= 0.6 is 34.7 Å². The van der Waals surface area contributed by atoms with Gasteiger partial charge in [-0.15, -0.1) is 23.1 Å². The van der Waals surface area contributed by atoms with Crippen LogP contribution in [0.3, 0.4) is 0 Å². The van der Waals surface area contributed by atoms with Crippen molar-refractivity contribution in [3.05, 3.63) is 55.4 Å². The van der Waals surface area contributed by atoms with E-state index in [1.165, 1.54) is 42.1 Å². The fourth-order valence-electron chi connectivity index (χ4n) is 8.30. The Balaban J connectivity index is 1.07. The van der Waals surface area contributed by atoms with E-state index in [1.54, 1.807) is 0 Å². The summed E-state index contributed by atoms with van der Waals surface area (Å²) in [6, 6.07) is -0.290. The molecule has 2 bridgehead atoms. The number of rotatable bonds is 11. The predicted octanol–water partition coefficient (Wildman–Crippen LogP) is 1.91. The van der Waals surface area contributed by atoms with Crippen LogP contribution in [0, 0.1) is 0 Å². The number of halogens is 1. The Morgan fingerprint density at radius 2 is 1.83 bits per heavy atom. The summed E-state index contributed by atoms with van der Waals surface area (Å²) < 4.78 is 0.481. The number of hydrogen-bond acceptors (Lipinski definition) is 14. The Hall–Kier alpha value is -5.38. The van der Waals surface area contributed by atoms with Crippen molar-refractivity contribution in [1.82, 2.24) is 25.5 Å². The van der Waals surface area contributed by atoms with Crippen LogP contribution in [0.4, 0.5) is 5.13 Å². The zero-order valence-corrected chi connectivity index (χ0v) is 33.8. The molecule has 0 aliphatic carbocycles. The van der Waals surface area contributed by atoms with Crippen LogP contribution in [0.2, 0.25) is 5.02 Å². The molecule has 22 heteroatoms. The molecule has 3 aromatic rings. The number of likely N-dealkylation sites (N-methyl/N-ethyl adjacent to an activating group) is 1. The van der Waals surface area contributed by atoms with Crippen LogP contribution in [0.25, 0.3) is 10.9 Å². The van der Waals surface area contributed by atoms with Crippen LogP contribution in [0.15, 0.2) is 38.9 Å². The molecular formula is C36H40ClN8O11S2+. The van der Waals surface area contributed by atoms with Crippen LogP contribution in [0.5, 0.6) is 11.5 Å². The fraction of sp³-hybridized carbons (Fsp3) is 0.444.